The van der Waals surface area contributed by atoms with Gasteiger partial charge in [0.15, 0.2) is 0 Å². The molecule has 2 aliphatic rings. The maximum Gasteiger partial charge on any atom is 0.237 e. The Balaban J connectivity index is 1.96. The first-order valence-corrected chi connectivity index (χ1v) is 10.8. The van der Waals surface area contributed by atoms with Crippen LogP contribution in [0.25, 0.3) is 0 Å². The van der Waals surface area contributed by atoms with Gasteiger partial charge in [-0.05, 0) is 31.1 Å². The third kappa shape index (κ3) is 5.45. The molecule has 1 aliphatic heterocycles. The predicted octanol–water partition coefficient (Wildman–Crippen LogP) is 2.90. The fourth-order valence-electron chi connectivity index (χ4n) is 4.18. The molecule has 3 atom stereocenters. The van der Waals surface area contributed by atoms with Crippen LogP contribution < -0.4 is 5.32 Å². The molecule has 2 amide bonds. The van der Waals surface area contributed by atoms with Crippen LogP contribution in [0.15, 0.2) is 0 Å². The van der Waals surface area contributed by atoms with E-state index in [1.807, 2.05) is 11.8 Å². The van der Waals surface area contributed by atoms with E-state index in [9.17, 15) is 9.59 Å². The average Bonchev–Trinajstić information content (AvgIpc) is 3.19. The van der Waals surface area contributed by atoms with E-state index in [0.717, 1.165) is 58.4 Å². The van der Waals surface area contributed by atoms with Gasteiger partial charge in [0.05, 0.1) is 6.04 Å². The molecule has 3 unspecified atom stereocenters. The van der Waals surface area contributed by atoms with Gasteiger partial charge in [-0.2, -0.15) is 0 Å². The molecule has 0 aromatic rings. The van der Waals surface area contributed by atoms with Gasteiger partial charge in [-0.1, -0.05) is 47.0 Å². The van der Waals surface area contributed by atoms with Crippen molar-refractivity contribution >= 4 is 11.8 Å². The molecule has 2 rings (SSSR count). The molecule has 1 N–H and O–H groups in total. The van der Waals surface area contributed by atoms with Crippen molar-refractivity contribution in [3.63, 3.8) is 0 Å². The van der Waals surface area contributed by atoms with E-state index in [2.05, 4.69) is 31.0 Å². The zero-order valence-electron chi connectivity index (χ0n) is 17.3. The van der Waals surface area contributed by atoms with E-state index in [1.54, 1.807) is 0 Å². The number of nitrogens with zero attached hydrogens (tertiary/aromatic N) is 2. The Morgan fingerprint density at radius 2 is 1.62 bits per heavy atom. The van der Waals surface area contributed by atoms with Gasteiger partial charge >= 0.3 is 0 Å². The first kappa shape index (κ1) is 21.2. The molecule has 150 valence electrons. The Bertz CT molecular complexity index is 454. The molecule has 1 aliphatic carbocycles. The molecule has 1 saturated carbocycles. The number of piperazine rings is 1. The van der Waals surface area contributed by atoms with Gasteiger partial charge < -0.3 is 10.2 Å². The van der Waals surface area contributed by atoms with Crippen LogP contribution in [0, 0.1) is 17.8 Å². The summed E-state index contributed by atoms with van der Waals surface area (Å²) in [7, 11) is 0. The lowest BCUT2D eigenvalue weighted by atomic mass is 9.94. The third-order valence-corrected chi connectivity index (χ3v) is 6.49. The summed E-state index contributed by atoms with van der Waals surface area (Å²) >= 11 is 0. The predicted molar refractivity (Wildman–Crippen MR) is 106 cm³/mol. The van der Waals surface area contributed by atoms with Crippen LogP contribution in [0.2, 0.25) is 0 Å². The average molecular weight is 366 g/mol. The minimum absolute atomic E-state index is 0.0117. The fourth-order valence-corrected chi connectivity index (χ4v) is 4.18. The van der Waals surface area contributed by atoms with Gasteiger partial charge in [-0.3, -0.25) is 14.5 Å². The second kappa shape index (κ2) is 10.3. The lowest BCUT2D eigenvalue weighted by Crippen LogP contribution is -2.58. The van der Waals surface area contributed by atoms with Gasteiger partial charge in [0.2, 0.25) is 11.8 Å². The quantitative estimate of drug-likeness (QED) is 0.719. The first-order chi connectivity index (χ1) is 12.5. The van der Waals surface area contributed by atoms with Crippen molar-refractivity contribution in [2.24, 2.45) is 17.8 Å². The Kier molecular flexibility index (Phi) is 8.39. The molecule has 0 aromatic carbocycles. The summed E-state index contributed by atoms with van der Waals surface area (Å²) in [6, 6.07) is -0.0117. The SMILES string of the molecule is CCC(C)CNC(=O)C(C1CCCC1)N1CCN(C(=O)C(C)CC)CC1. The summed E-state index contributed by atoms with van der Waals surface area (Å²) in [5.74, 6) is 1.58. The second-order valence-electron chi connectivity index (χ2n) is 8.42. The van der Waals surface area contributed by atoms with Gasteiger partial charge in [-0.15, -0.1) is 0 Å². The molecule has 0 aromatic heterocycles. The highest BCUT2D eigenvalue weighted by Gasteiger charge is 2.37. The summed E-state index contributed by atoms with van der Waals surface area (Å²) < 4.78 is 0. The Morgan fingerprint density at radius 1 is 1.00 bits per heavy atom. The monoisotopic (exact) mass is 365 g/mol. The van der Waals surface area contributed by atoms with E-state index < -0.39 is 0 Å². The van der Waals surface area contributed by atoms with Crippen LogP contribution >= 0.6 is 0 Å². The van der Waals surface area contributed by atoms with Crippen LogP contribution in [0.1, 0.15) is 66.2 Å². The molecule has 5 heteroatoms. The minimum atomic E-state index is -0.0117. The molecule has 26 heavy (non-hydrogen) atoms. The molecule has 0 spiro atoms. The maximum absolute atomic E-state index is 13.0. The van der Waals surface area contributed by atoms with Gasteiger partial charge in [-0.25, -0.2) is 0 Å². The van der Waals surface area contributed by atoms with Crippen LogP contribution in [-0.2, 0) is 9.59 Å². The normalized spacial score (nSPS) is 22.8. The lowest BCUT2D eigenvalue weighted by Gasteiger charge is -2.41. The highest BCUT2D eigenvalue weighted by molar-refractivity contribution is 5.82. The minimum Gasteiger partial charge on any atom is -0.354 e. The summed E-state index contributed by atoms with van der Waals surface area (Å²) in [6.07, 6.45) is 6.78. The second-order valence-corrected chi connectivity index (χ2v) is 8.42. The van der Waals surface area contributed by atoms with Crippen molar-refractivity contribution in [3.05, 3.63) is 0 Å². The smallest absolute Gasteiger partial charge is 0.237 e. The van der Waals surface area contributed by atoms with Crippen molar-refractivity contribution in [1.82, 2.24) is 15.1 Å². The first-order valence-electron chi connectivity index (χ1n) is 10.8. The maximum atomic E-state index is 13.0. The van der Waals surface area contributed by atoms with E-state index in [4.69, 9.17) is 0 Å². The molecule has 5 nitrogen and oxygen atoms in total. The molecule has 0 radical (unpaired) electrons. The van der Waals surface area contributed by atoms with E-state index in [0.29, 0.717) is 11.8 Å². The zero-order chi connectivity index (χ0) is 19.1. The number of carbonyl (C=O) groups is 2. The third-order valence-electron chi connectivity index (χ3n) is 6.49. The van der Waals surface area contributed by atoms with Crippen molar-refractivity contribution in [2.45, 2.75) is 72.3 Å². The highest BCUT2D eigenvalue weighted by Crippen LogP contribution is 2.31. The summed E-state index contributed by atoms with van der Waals surface area (Å²) in [5, 5.41) is 3.21. The van der Waals surface area contributed by atoms with E-state index in [-0.39, 0.29) is 23.8 Å². The topological polar surface area (TPSA) is 52.7 Å². The number of nitrogens with one attached hydrogen (secondary N) is 1. The summed E-state index contributed by atoms with van der Waals surface area (Å²) in [6.45, 7) is 12.3. The molecule has 2 fully saturated rings. The van der Waals surface area contributed by atoms with E-state index in [1.165, 1.54) is 12.8 Å². The Hall–Kier alpha value is -1.10. The van der Waals surface area contributed by atoms with Crippen LogP contribution in [0.3, 0.4) is 0 Å². The fraction of sp³-hybridized carbons (Fsp3) is 0.905. The molecular weight excluding hydrogens is 326 g/mol. The molecule has 1 heterocycles. The van der Waals surface area contributed by atoms with Gasteiger partial charge in [0.25, 0.3) is 0 Å². The standard InChI is InChI=1S/C21H39N3O2/c1-5-16(3)15-22-20(25)19(18-9-7-8-10-18)23-11-13-24(14-12-23)21(26)17(4)6-2/h16-19H,5-15H2,1-4H3,(H,22,25). The molecular formula is C21H39N3O2. The van der Waals surface area contributed by atoms with Crippen LogP contribution in [0.5, 0.6) is 0 Å². The van der Waals surface area contributed by atoms with Gasteiger partial charge in [0.1, 0.15) is 0 Å². The van der Waals surface area contributed by atoms with Crippen molar-refractivity contribution in [2.75, 3.05) is 32.7 Å². The zero-order valence-corrected chi connectivity index (χ0v) is 17.3. The highest BCUT2D eigenvalue weighted by atomic mass is 16.2. The van der Waals surface area contributed by atoms with Crippen molar-refractivity contribution in [3.8, 4) is 0 Å². The number of hydrogen-bond acceptors (Lipinski definition) is 3. The van der Waals surface area contributed by atoms with Crippen LogP contribution in [0.4, 0.5) is 0 Å². The van der Waals surface area contributed by atoms with Gasteiger partial charge in [0, 0.05) is 38.6 Å². The molecule has 0 bridgehead atoms. The van der Waals surface area contributed by atoms with Crippen LogP contribution in [-0.4, -0.2) is 60.4 Å². The Labute approximate surface area is 159 Å². The molecule has 1 saturated heterocycles. The Morgan fingerprint density at radius 3 is 2.15 bits per heavy atom. The van der Waals surface area contributed by atoms with Crippen molar-refractivity contribution in [1.29, 1.82) is 0 Å². The number of rotatable bonds is 8. The number of hydrogen-bond donors (Lipinski definition) is 1. The van der Waals surface area contributed by atoms with Crippen molar-refractivity contribution < 1.29 is 9.59 Å². The van der Waals surface area contributed by atoms with E-state index >= 15 is 0 Å². The summed E-state index contributed by atoms with van der Waals surface area (Å²) in [5.41, 5.74) is 0. The largest absolute Gasteiger partial charge is 0.354 e. The number of carbonyl (C=O) groups excluding carboxylic acids is 2. The summed E-state index contributed by atoms with van der Waals surface area (Å²) in [4.78, 5) is 29.8. The number of amides is 2. The lowest BCUT2D eigenvalue weighted by molar-refractivity contribution is -0.138.